The van der Waals surface area contributed by atoms with Crippen LogP contribution in [0.5, 0.6) is 0 Å². The number of nitrogens with one attached hydrogen (secondary N) is 2. The summed E-state index contributed by atoms with van der Waals surface area (Å²) in [7, 11) is 1.70. The van der Waals surface area contributed by atoms with Crippen LogP contribution in [0.4, 0.5) is 5.82 Å². The molecule has 4 aromatic rings. The van der Waals surface area contributed by atoms with Crippen LogP contribution in [0.25, 0.3) is 22.1 Å². The molecule has 4 atom stereocenters. The molecule has 1 aromatic carbocycles. The average molecular weight is 522 g/mol. The molecule has 12 nitrogen and oxygen atoms in total. The number of aliphatic hydroxyl groups is 2. The fourth-order valence-electron chi connectivity index (χ4n) is 5.00. The van der Waals surface area contributed by atoms with Crippen LogP contribution in [0.3, 0.4) is 0 Å². The molecule has 0 spiro atoms. The van der Waals surface area contributed by atoms with Crippen molar-refractivity contribution in [3.05, 3.63) is 48.7 Å². The second-order valence-corrected chi connectivity index (χ2v) is 9.79. The molecular formula is C26H31N7O5. The van der Waals surface area contributed by atoms with Gasteiger partial charge in [-0.05, 0) is 30.9 Å². The summed E-state index contributed by atoms with van der Waals surface area (Å²) in [4.78, 5) is 25.6. The Balaban J connectivity index is 1.17. The molecular weight excluding hydrogens is 490 g/mol. The van der Waals surface area contributed by atoms with E-state index in [-0.39, 0.29) is 6.04 Å². The van der Waals surface area contributed by atoms with E-state index in [4.69, 9.17) is 9.47 Å². The van der Waals surface area contributed by atoms with Gasteiger partial charge in [0.1, 0.15) is 18.5 Å². The van der Waals surface area contributed by atoms with Crippen LogP contribution in [0.1, 0.15) is 24.6 Å². The summed E-state index contributed by atoms with van der Waals surface area (Å²) < 4.78 is 14.8. The van der Waals surface area contributed by atoms with E-state index in [9.17, 15) is 15.0 Å². The van der Waals surface area contributed by atoms with Crippen molar-refractivity contribution >= 4 is 33.8 Å². The Bertz CT molecular complexity index is 1450. The number of benzene rings is 1. The lowest BCUT2D eigenvalue weighted by Gasteiger charge is -2.16. The van der Waals surface area contributed by atoms with Crippen molar-refractivity contribution in [1.29, 1.82) is 0 Å². The molecule has 1 amide bonds. The largest absolute Gasteiger partial charge is 0.387 e. The number of hydrogen-bond acceptors (Lipinski definition) is 9. The number of methoxy groups -OCH3 is 1. The first-order valence-electron chi connectivity index (χ1n) is 12.8. The number of fused-ring (bicyclic) bond motifs is 2. The van der Waals surface area contributed by atoms with Crippen molar-refractivity contribution in [1.82, 2.24) is 29.4 Å². The Morgan fingerprint density at radius 1 is 1.18 bits per heavy atom. The number of imidazole rings is 1. The molecule has 12 heteroatoms. The summed E-state index contributed by atoms with van der Waals surface area (Å²) >= 11 is 0. The van der Waals surface area contributed by atoms with E-state index < -0.39 is 30.4 Å². The first kappa shape index (κ1) is 24.7. The molecule has 2 aliphatic rings. The molecule has 1 saturated heterocycles. The second kappa shape index (κ2) is 10.3. The van der Waals surface area contributed by atoms with Crippen LogP contribution in [-0.2, 0) is 27.2 Å². The summed E-state index contributed by atoms with van der Waals surface area (Å²) in [5.74, 6) is 0.125. The zero-order valence-electron chi connectivity index (χ0n) is 21.0. The van der Waals surface area contributed by atoms with Gasteiger partial charge in [0.25, 0.3) is 5.91 Å². The highest BCUT2D eigenvalue weighted by Crippen LogP contribution is 2.33. The van der Waals surface area contributed by atoms with E-state index in [0.29, 0.717) is 30.1 Å². The molecule has 4 N–H and O–H groups in total. The monoisotopic (exact) mass is 521 g/mol. The van der Waals surface area contributed by atoms with Crippen LogP contribution in [-0.4, -0.2) is 84.8 Å². The van der Waals surface area contributed by atoms with E-state index in [1.165, 1.54) is 33.7 Å². The van der Waals surface area contributed by atoms with Gasteiger partial charge in [0.05, 0.1) is 12.9 Å². The number of carbonyl (C=O) groups is 1. The Morgan fingerprint density at radius 3 is 2.84 bits per heavy atom. The highest BCUT2D eigenvalue weighted by Gasteiger charge is 2.48. The van der Waals surface area contributed by atoms with E-state index in [1.54, 1.807) is 7.11 Å². The molecule has 1 aliphatic carbocycles. The molecule has 1 saturated carbocycles. The van der Waals surface area contributed by atoms with Crippen molar-refractivity contribution in [2.24, 2.45) is 0 Å². The number of para-hydroxylation sites is 1. The summed E-state index contributed by atoms with van der Waals surface area (Å²) in [6, 6.07) is 8.42. The Kier molecular flexibility index (Phi) is 6.70. The number of nitrogens with zero attached hydrogens (tertiary/aromatic N) is 5. The third kappa shape index (κ3) is 4.60. The highest BCUT2D eigenvalue weighted by molar-refractivity contribution is 5.85. The van der Waals surface area contributed by atoms with E-state index in [0.717, 1.165) is 25.8 Å². The van der Waals surface area contributed by atoms with Crippen LogP contribution in [0, 0.1) is 0 Å². The minimum Gasteiger partial charge on any atom is -0.387 e. The van der Waals surface area contributed by atoms with Gasteiger partial charge in [0, 0.05) is 43.3 Å². The normalized spacial score (nSPS) is 23.3. The lowest BCUT2D eigenvalue weighted by Crippen LogP contribution is -2.43. The molecule has 1 aliphatic heterocycles. The van der Waals surface area contributed by atoms with Gasteiger partial charge < -0.3 is 34.9 Å². The standard InChI is InChI=1S/C26H31N7O5/c1-37-11-10-32-12-15(17-4-2-3-5-18(17)32)8-9-27-23-19-24(29-13-28-23)33(14-30-19)26-21(35)20(34)22(38-26)25(36)31-16-6-7-16/h2-5,12-14,16,20-22,26,34-35H,6-11H2,1H3,(H,31,36)(H,27,28,29). The molecule has 6 rings (SSSR count). The smallest absolute Gasteiger partial charge is 0.252 e. The van der Waals surface area contributed by atoms with Crippen LogP contribution in [0.2, 0.25) is 0 Å². The minimum absolute atomic E-state index is 0.117. The molecule has 2 fully saturated rings. The van der Waals surface area contributed by atoms with E-state index in [2.05, 4.69) is 48.5 Å². The van der Waals surface area contributed by atoms with Crippen LogP contribution in [0.15, 0.2) is 43.1 Å². The van der Waals surface area contributed by atoms with Crippen molar-refractivity contribution in [2.45, 2.75) is 56.4 Å². The summed E-state index contributed by atoms with van der Waals surface area (Å²) in [5, 5.41) is 28.5. The predicted octanol–water partition coefficient (Wildman–Crippen LogP) is 0.980. The topological polar surface area (TPSA) is 149 Å². The molecule has 4 heterocycles. The van der Waals surface area contributed by atoms with Gasteiger partial charge in [0.2, 0.25) is 0 Å². The molecule has 200 valence electrons. The van der Waals surface area contributed by atoms with Gasteiger partial charge in [0.15, 0.2) is 29.3 Å². The van der Waals surface area contributed by atoms with Crippen LogP contribution >= 0.6 is 0 Å². The van der Waals surface area contributed by atoms with Gasteiger partial charge in [-0.25, -0.2) is 15.0 Å². The van der Waals surface area contributed by atoms with Gasteiger partial charge in [-0.1, -0.05) is 18.2 Å². The fourth-order valence-corrected chi connectivity index (χ4v) is 5.00. The minimum atomic E-state index is -1.36. The first-order valence-corrected chi connectivity index (χ1v) is 12.8. The zero-order chi connectivity index (χ0) is 26.2. The number of aliphatic hydroxyl groups excluding tert-OH is 2. The molecule has 0 bridgehead atoms. The quantitative estimate of drug-likeness (QED) is 0.240. The van der Waals surface area contributed by atoms with Crippen molar-refractivity contribution < 1.29 is 24.5 Å². The summed E-state index contributed by atoms with van der Waals surface area (Å²) in [6.07, 6.45) is 2.79. The molecule has 0 radical (unpaired) electrons. The predicted molar refractivity (Wildman–Crippen MR) is 138 cm³/mol. The van der Waals surface area contributed by atoms with E-state index in [1.807, 2.05) is 12.1 Å². The number of amides is 1. The number of hydrogen-bond donors (Lipinski definition) is 4. The molecule has 38 heavy (non-hydrogen) atoms. The van der Waals surface area contributed by atoms with Gasteiger partial charge >= 0.3 is 0 Å². The summed E-state index contributed by atoms with van der Waals surface area (Å²) in [5.41, 5.74) is 3.32. The molecule has 3 aromatic heterocycles. The SMILES string of the molecule is COCCn1cc(CCNc2ncnc3c2ncn3C2OC(C(=O)NC3CC3)C(O)C2O)c2ccccc21. The third-order valence-electron chi connectivity index (χ3n) is 7.15. The van der Waals surface area contributed by atoms with Crippen LogP contribution < -0.4 is 10.6 Å². The maximum atomic E-state index is 12.5. The number of anilines is 1. The lowest BCUT2D eigenvalue weighted by atomic mass is 10.1. The van der Waals surface area contributed by atoms with Gasteiger partial charge in [-0.15, -0.1) is 0 Å². The number of carbonyl (C=O) groups excluding carboxylic acids is 1. The number of aromatic nitrogens is 5. The Hall–Kier alpha value is -3.58. The van der Waals surface area contributed by atoms with Gasteiger partial charge in [-0.2, -0.15) is 0 Å². The average Bonchev–Trinajstić information content (AvgIpc) is 3.41. The number of ether oxygens (including phenoxy) is 2. The summed E-state index contributed by atoms with van der Waals surface area (Å²) in [6.45, 7) is 2.03. The fraction of sp³-hybridized carbons (Fsp3) is 0.462. The maximum Gasteiger partial charge on any atom is 0.252 e. The maximum absolute atomic E-state index is 12.5. The molecule has 4 unspecified atom stereocenters. The Labute approximate surface area is 218 Å². The van der Waals surface area contributed by atoms with Crippen molar-refractivity contribution in [2.75, 3.05) is 25.6 Å². The van der Waals surface area contributed by atoms with Crippen molar-refractivity contribution in [3.8, 4) is 0 Å². The third-order valence-corrected chi connectivity index (χ3v) is 7.15. The second-order valence-electron chi connectivity index (χ2n) is 9.79. The Morgan fingerprint density at radius 2 is 2.03 bits per heavy atom. The highest BCUT2D eigenvalue weighted by atomic mass is 16.6. The van der Waals surface area contributed by atoms with E-state index >= 15 is 0 Å². The first-order chi connectivity index (χ1) is 18.5. The number of rotatable bonds is 10. The van der Waals surface area contributed by atoms with Gasteiger partial charge in [-0.3, -0.25) is 9.36 Å². The zero-order valence-corrected chi connectivity index (χ0v) is 21.0. The lowest BCUT2D eigenvalue weighted by molar-refractivity contribution is -0.137. The van der Waals surface area contributed by atoms with Crippen molar-refractivity contribution in [3.63, 3.8) is 0 Å².